The van der Waals surface area contributed by atoms with Gasteiger partial charge in [0.25, 0.3) is 0 Å². The maximum Gasteiger partial charge on any atom is 0.420 e. The fourth-order valence-corrected chi connectivity index (χ4v) is 3.59. The summed E-state index contributed by atoms with van der Waals surface area (Å²) in [5.41, 5.74) is 0.420. The highest BCUT2D eigenvalue weighted by atomic mass is 19.4. The van der Waals surface area contributed by atoms with Gasteiger partial charge in [0.2, 0.25) is 5.95 Å². The smallest absolute Gasteiger partial charge is 0.420 e. The first-order valence-corrected chi connectivity index (χ1v) is 9.60. The van der Waals surface area contributed by atoms with Crippen LogP contribution in [0.4, 0.5) is 30.6 Å². The first kappa shape index (κ1) is 18.8. The van der Waals surface area contributed by atoms with Crippen LogP contribution in [-0.2, 0) is 6.18 Å². The molecule has 2 aromatic rings. The number of nitrogens with one attached hydrogen (secondary N) is 2. The van der Waals surface area contributed by atoms with Crippen LogP contribution >= 0.6 is 0 Å². The molecule has 150 valence electrons. The third-order valence-electron chi connectivity index (χ3n) is 5.21. The SMILES string of the molecule is COc1ccc(Nc2cc(C3CC3)nc(NC3CCCC3)n2)cc1C(F)(F)F. The number of anilines is 3. The molecule has 0 atom stereocenters. The van der Waals surface area contributed by atoms with Gasteiger partial charge < -0.3 is 15.4 Å². The third-order valence-corrected chi connectivity index (χ3v) is 5.21. The van der Waals surface area contributed by atoms with Gasteiger partial charge in [-0.05, 0) is 43.9 Å². The maximum atomic E-state index is 13.3. The summed E-state index contributed by atoms with van der Waals surface area (Å²) < 4.78 is 44.7. The Hall–Kier alpha value is -2.51. The van der Waals surface area contributed by atoms with Gasteiger partial charge in [0.05, 0.1) is 18.4 Å². The van der Waals surface area contributed by atoms with Crippen molar-refractivity contribution >= 4 is 17.5 Å². The van der Waals surface area contributed by atoms with Crippen molar-refractivity contribution in [3.05, 3.63) is 35.5 Å². The molecule has 0 radical (unpaired) electrons. The summed E-state index contributed by atoms with van der Waals surface area (Å²) in [6.45, 7) is 0. The van der Waals surface area contributed by atoms with Gasteiger partial charge in [-0.2, -0.15) is 18.2 Å². The Kier molecular flexibility index (Phi) is 5.03. The number of alkyl halides is 3. The molecule has 0 bridgehead atoms. The van der Waals surface area contributed by atoms with E-state index in [-0.39, 0.29) is 5.75 Å². The molecule has 2 N–H and O–H groups in total. The van der Waals surface area contributed by atoms with E-state index < -0.39 is 11.7 Å². The number of rotatable bonds is 6. The molecule has 2 aliphatic carbocycles. The molecule has 8 heteroatoms. The molecule has 1 aromatic carbocycles. The highest BCUT2D eigenvalue weighted by molar-refractivity contribution is 5.61. The zero-order chi connectivity index (χ0) is 19.7. The topological polar surface area (TPSA) is 59.1 Å². The van der Waals surface area contributed by atoms with Gasteiger partial charge in [0, 0.05) is 23.7 Å². The lowest BCUT2D eigenvalue weighted by Crippen LogP contribution is -2.17. The Morgan fingerprint density at radius 2 is 1.79 bits per heavy atom. The van der Waals surface area contributed by atoms with E-state index in [9.17, 15) is 13.2 Å². The minimum atomic E-state index is -4.50. The van der Waals surface area contributed by atoms with Crippen molar-refractivity contribution in [2.75, 3.05) is 17.7 Å². The van der Waals surface area contributed by atoms with Gasteiger partial charge in [0.15, 0.2) is 0 Å². The molecule has 2 saturated carbocycles. The molecule has 2 aliphatic rings. The highest BCUT2D eigenvalue weighted by Crippen LogP contribution is 2.41. The second-order valence-corrected chi connectivity index (χ2v) is 7.44. The van der Waals surface area contributed by atoms with E-state index in [0.717, 1.165) is 37.4 Å². The van der Waals surface area contributed by atoms with Crippen molar-refractivity contribution in [2.45, 2.75) is 56.7 Å². The van der Waals surface area contributed by atoms with E-state index in [2.05, 4.69) is 20.6 Å². The summed E-state index contributed by atoms with van der Waals surface area (Å²) in [5.74, 6) is 1.25. The quantitative estimate of drug-likeness (QED) is 0.682. The van der Waals surface area contributed by atoms with Crippen LogP contribution in [0.1, 0.15) is 55.7 Å². The first-order chi connectivity index (χ1) is 13.4. The molecule has 0 amide bonds. The van der Waals surface area contributed by atoms with Crippen molar-refractivity contribution < 1.29 is 17.9 Å². The molecular weight excluding hydrogens is 369 g/mol. The lowest BCUT2D eigenvalue weighted by atomic mass is 10.1. The highest BCUT2D eigenvalue weighted by Gasteiger charge is 2.34. The summed E-state index contributed by atoms with van der Waals surface area (Å²) >= 11 is 0. The molecule has 2 fully saturated rings. The Morgan fingerprint density at radius 3 is 2.43 bits per heavy atom. The number of nitrogens with zero attached hydrogens (tertiary/aromatic N) is 2. The Balaban J connectivity index is 1.60. The lowest BCUT2D eigenvalue weighted by Gasteiger charge is -2.16. The Bertz CT molecular complexity index is 846. The van der Waals surface area contributed by atoms with Crippen LogP contribution in [0.5, 0.6) is 5.75 Å². The molecule has 0 aliphatic heterocycles. The van der Waals surface area contributed by atoms with Crippen molar-refractivity contribution in [1.82, 2.24) is 9.97 Å². The lowest BCUT2D eigenvalue weighted by molar-refractivity contribution is -0.138. The van der Waals surface area contributed by atoms with Gasteiger partial charge in [-0.25, -0.2) is 4.98 Å². The van der Waals surface area contributed by atoms with E-state index in [1.807, 2.05) is 6.07 Å². The van der Waals surface area contributed by atoms with Crippen molar-refractivity contribution in [3.8, 4) is 5.75 Å². The average molecular weight is 392 g/mol. The summed E-state index contributed by atoms with van der Waals surface area (Å²) in [6.07, 6.45) is 2.23. The largest absolute Gasteiger partial charge is 0.496 e. The van der Waals surface area contributed by atoms with E-state index in [4.69, 9.17) is 4.74 Å². The zero-order valence-electron chi connectivity index (χ0n) is 15.6. The second kappa shape index (κ2) is 7.48. The van der Waals surface area contributed by atoms with Gasteiger partial charge in [-0.1, -0.05) is 12.8 Å². The van der Waals surface area contributed by atoms with Crippen LogP contribution in [-0.4, -0.2) is 23.1 Å². The van der Waals surface area contributed by atoms with Crippen LogP contribution in [0.25, 0.3) is 0 Å². The van der Waals surface area contributed by atoms with Crippen LogP contribution in [0.3, 0.4) is 0 Å². The molecule has 28 heavy (non-hydrogen) atoms. The first-order valence-electron chi connectivity index (χ1n) is 9.60. The van der Waals surface area contributed by atoms with Gasteiger partial charge in [0.1, 0.15) is 11.6 Å². The number of ether oxygens (including phenoxy) is 1. The fraction of sp³-hybridized carbons (Fsp3) is 0.500. The molecular formula is C20H23F3N4O. The normalized spacial score (nSPS) is 17.6. The summed E-state index contributed by atoms with van der Waals surface area (Å²) in [4.78, 5) is 9.11. The molecule has 0 saturated heterocycles. The van der Waals surface area contributed by atoms with Gasteiger partial charge >= 0.3 is 6.18 Å². The predicted molar refractivity (Wildman–Crippen MR) is 101 cm³/mol. The minimum absolute atomic E-state index is 0.206. The van der Waals surface area contributed by atoms with E-state index in [1.54, 1.807) is 6.07 Å². The molecule has 0 spiro atoms. The zero-order valence-corrected chi connectivity index (χ0v) is 15.6. The third kappa shape index (κ3) is 4.31. The van der Waals surface area contributed by atoms with E-state index in [0.29, 0.717) is 29.4 Å². The summed E-state index contributed by atoms with van der Waals surface area (Å²) in [6, 6.07) is 6.10. The van der Waals surface area contributed by atoms with E-state index in [1.165, 1.54) is 26.0 Å². The minimum Gasteiger partial charge on any atom is -0.496 e. The van der Waals surface area contributed by atoms with Crippen LogP contribution in [0.15, 0.2) is 24.3 Å². The summed E-state index contributed by atoms with van der Waals surface area (Å²) in [5, 5.41) is 6.39. The summed E-state index contributed by atoms with van der Waals surface area (Å²) in [7, 11) is 1.23. The predicted octanol–water partition coefficient (Wildman–Crippen LogP) is 5.48. The van der Waals surface area contributed by atoms with Crippen LogP contribution in [0, 0.1) is 0 Å². The number of hydrogen-bond acceptors (Lipinski definition) is 5. The maximum absolute atomic E-state index is 13.3. The van der Waals surface area contributed by atoms with Crippen molar-refractivity contribution in [3.63, 3.8) is 0 Å². The van der Waals surface area contributed by atoms with Gasteiger partial charge in [-0.15, -0.1) is 0 Å². The van der Waals surface area contributed by atoms with Crippen molar-refractivity contribution in [2.24, 2.45) is 0 Å². The Labute approximate surface area is 161 Å². The molecule has 1 heterocycles. The molecule has 1 aromatic heterocycles. The number of aromatic nitrogens is 2. The number of hydrogen-bond donors (Lipinski definition) is 2. The standard InChI is InChI=1S/C20H23F3N4O/c1-28-17-9-8-14(10-15(17)20(21,22)23)24-18-11-16(12-6-7-12)26-19(27-18)25-13-4-2-3-5-13/h8-13H,2-7H2,1H3,(H2,24,25,26,27). The number of halogens is 3. The average Bonchev–Trinajstić information content (AvgIpc) is 3.39. The van der Waals surface area contributed by atoms with Crippen molar-refractivity contribution in [1.29, 1.82) is 0 Å². The fourth-order valence-electron chi connectivity index (χ4n) is 3.59. The monoisotopic (exact) mass is 392 g/mol. The molecule has 0 unspecified atom stereocenters. The van der Waals surface area contributed by atoms with Crippen LogP contribution in [0.2, 0.25) is 0 Å². The Morgan fingerprint density at radius 1 is 1.04 bits per heavy atom. The van der Waals surface area contributed by atoms with E-state index >= 15 is 0 Å². The number of methoxy groups -OCH3 is 1. The molecule has 5 nitrogen and oxygen atoms in total. The number of benzene rings is 1. The van der Waals surface area contributed by atoms with Crippen LogP contribution < -0.4 is 15.4 Å². The molecule has 4 rings (SSSR count). The van der Waals surface area contributed by atoms with Gasteiger partial charge in [-0.3, -0.25) is 0 Å². The second-order valence-electron chi connectivity index (χ2n) is 7.44.